The van der Waals surface area contributed by atoms with Crippen molar-refractivity contribution in [3.8, 4) is 0 Å². The van der Waals surface area contributed by atoms with Gasteiger partial charge in [-0.2, -0.15) is 0 Å². The average Bonchev–Trinajstić information content (AvgIpc) is 3.37. The number of hydrogen-bond donors (Lipinski definition) is 1. The van der Waals surface area contributed by atoms with Gasteiger partial charge in [-0.05, 0) is 50.9 Å². The van der Waals surface area contributed by atoms with Crippen molar-refractivity contribution in [1.82, 2.24) is 25.1 Å². The molecule has 0 spiro atoms. The number of nitrogens with zero attached hydrogens (tertiary/aromatic N) is 5. The number of amides is 1. The normalized spacial score (nSPS) is 17.2. The molecule has 146 valence electrons. The number of likely N-dealkylation sites (tertiary alicyclic amines) is 1. The number of rotatable bonds is 5. The summed E-state index contributed by atoms with van der Waals surface area (Å²) >= 11 is 0. The molecule has 0 radical (unpaired) electrons. The van der Waals surface area contributed by atoms with Crippen LogP contribution in [0.25, 0.3) is 0 Å². The SMILES string of the molecule is Cc1noc(C)c1[C@@H]1CCCN1Cc1cccc(C(=O)Nc2cn(C)nn2)c1. The third kappa shape index (κ3) is 3.68. The van der Waals surface area contributed by atoms with Crippen LogP contribution in [0.4, 0.5) is 5.82 Å². The first-order valence-electron chi connectivity index (χ1n) is 9.44. The highest BCUT2D eigenvalue weighted by atomic mass is 16.5. The standard InChI is InChI=1S/C20H24N6O2/c1-13-19(14(2)28-23-13)17-8-5-9-26(17)11-15-6-4-7-16(10-15)20(27)21-18-12-25(3)24-22-18/h4,6-7,10,12,17H,5,8-9,11H2,1-3H3,(H,21,27)/t17-/m0/s1. The van der Waals surface area contributed by atoms with E-state index in [1.165, 1.54) is 5.56 Å². The van der Waals surface area contributed by atoms with E-state index in [0.717, 1.165) is 42.9 Å². The third-order valence-corrected chi connectivity index (χ3v) is 5.20. The minimum absolute atomic E-state index is 0.189. The first kappa shape index (κ1) is 18.4. The maximum Gasteiger partial charge on any atom is 0.256 e. The fraction of sp³-hybridized carbons (Fsp3) is 0.400. The van der Waals surface area contributed by atoms with Crippen LogP contribution >= 0.6 is 0 Å². The molecule has 1 aliphatic rings. The Morgan fingerprint density at radius 3 is 2.93 bits per heavy atom. The van der Waals surface area contributed by atoms with Crippen LogP contribution in [0.3, 0.4) is 0 Å². The Hall–Kier alpha value is -3.00. The lowest BCUT2D eigenvalue weighted by Gasteiger charge is -2.24. The summed E-state index contributed by atoms with van der Waals surface area (Å²) in [6.07, 6.45) is 3.90. The van der Waals surface area contributed by atoms with Gasteiger partial charge in [-0.3, -0.25) is 14.4 Å². The summed E-state index contributed by atoms with van der Waals surface area (Å²) < 4.78 is 6.92. The number of nitrogens with one attached hydrogen (secondary N) is 1. The maximum atomic E-state index is 12.5. The fourth-order valence-corrected chi connectivity index (χ4v) is 3.95. The van der Waals surface area contributed by atoms with Crippen LogP contribution in [0, 0.1) is 13.8 Å². The smallest absolute Gasteiger partial charge is 0.256 e. The number of carbonyl (C=O) groups is 1. The Morgan fingerprint density at radius 1 is 1.36 bits per heavy atom. The molecule has 3 heterocycles. The van der Waals surface area contributed by atoms with E-state index < -0.39 is 0 Å². The third-order valence-electron chi connectivity index (χ3n) is 5.20. The molecule has 0 aliphatic carbocycles. The molecule has 8 heteroatoms. The van der Waals surface area contributed by atoms with Gasteiger partial charge in [0, 0.05) is 30.8 Å². The largest absolute Gasteiger partial charge is 0.361 e. The van der Waals surface area contributed by atoms with Gasteiger partial charge in [0.15, 0.2) is 5.82 Å². The first-order chi connectivity index (χ1) is 13.5. The topological polar surface area (TPSA) is 89.1 Å². The second-order valence-corrected chi connectivity index (χ2v) is 7.30. The molecule has 4 rings (SSSR count). The predicted octanol–water partition coefficient (Wildman–Crippen LogP) is 3.01. The van der Waals surface area contributed by atoms with Gasteiger partial charge < -0.3 is 9.84 Å². The monoisotopic (exact) mass is 380 g/mol. The second kappa shape index (κ2) is 7.55. The molecule has 1 saturated heterocycles. The highest BCUT2D eigenvalue weighted by Gasteiger charge is 2.30. The Bertz CT molecular complexity index is 973. The minimum Gasteiger partial charge on any atom is -0.361 e. The van der Waals surface area contributed by atoms with E-state index in [0.29, 0.717) is 17.4 Å². The van der Waals surface area contributed by atoms with Crippen molar-refractivity contribution >= 4 is 11.7 Å². The quantitative estimate of drug-likeness (QED) is 0.732. The van der Waals surface area contributed by atoms with E-state index in [2.05, 4.69) is 31.8 Å². The minimum atomic E-state index is -0.189. The van der Waals surface area contributed by atoms with E-state index in [9.17, 15) is 4.79 Å². The molecule has 1 aromatic carbocycles. The molecule has 0 bridgehead atoms. The van der Waals surface area contributed by atoms with E-state index >= 15 is 0 Å². The Morgan fingerprint density at radius 2 is 2.21 bits per heavy atom. The van der Waals surface area contributed by atoms with Crippen molar-refractivity contribution in [2.24, 2.45) is 7.05 Å². The summed E-state index contributed by atoms with van der Waals surface area (Å²) in [5, 5.41) is 14.6. The van der Waals surface area contributed by atoms with E-state index in [1.54, 1.807) is 17.9 Å². The molecule has 0 saturated carbocycles. The van der Waals surface area contributed by atoms with Crippen LogP contribution < -0.4 is 5.32 Å². The number of aryl methyl sites for hydroxylation is 3. The van der Waals surface area contributed by atoms with Crippen LogP contribution in [-0.4, -0.2) is 37.5 Å². The predicted molar refractivity (Wildman–Crippen MR) is 104 cm³/mol. The van der Waals surface area contributed by atoms with Gasteiger partial charge in [0.2, 0.25) is 0 Å². The lowest BCUT2D eigenvalue weighted by atomic mass is 10.0. The molecule has 2 aromatic heterocycles. The summed E-state index contributed by atoms with van der Waals surface area (Å²) in [5.74, 6) is 1.15. The number of aromatic nitrogens is 4. The number of anilines is 1. The zero-order valence-electron chi connectivity index (χ0n) is 16.3. The van der Waals surface area contributed by atoms with E-state index in [-0.39, 0.29) is 5.91 Å². The van der Waals surface area contributed by atoms with Crippen LogP contribution in [-0.2, 0) is 13.6 Å². The van der Waals surface area contributed by atoms with Crippen LogP contribution in [0.15, 0.2) is 35.0 Å². The van der Waals surface area contributed by atoms with Gasteiger partial charge in [-0.25, -0.2) is 0 Å². The molecular weight excluding hydrogens is 356 g/mol. The fourth-order valence-electron chi connectivity index (χ4n) is 3.95. The number of carbonyl (C=O) groups excluding carboxylic acids is 1. The second-order valence-electron chi connectivity index (χ2n) is 7.30. The van der Waals surface area contributed by atoms with Gasteiger partial charge in [0.1, 0.15) is 5.76 Å². The molecule has 1 fully saturated rings. The van der Waals surface area contributed by atoms with Crippen LogP contribution in [0.2, 0.25) is 0 Å². The summed E-state index contributed by atoms with van der Waals surface area (Å²) in [6, 6.07) is 8.03. The molecule has 3 aromatic rings. The maximum absolute atomic E-state index is 12.5. The van der Waals surface area contributed by atoms with Crippen molar-refractivity contribution in [1.29, 1.82) is 0 Å². The Labute approximate surface area is 163 Å². The molecule has 0 unspecified atom stereocenters. The summed E-state index contributed by atoms with van der Waals surface area (Å²) in [4.78, 5) is 15.0. The highest BCUT2D eigenvalue weighted by molar-refractivity contribution is 6.03. The Balaban J connectivity index is 1.49. The summed E-state index contributed by atoms with van der Waals surface area (Å²) in [6.45, 7) is 5.77. The lowest BCUT2D eigenvalue weighted by molar-refractivity contribution is 0.102. The molecular formula is C20H24N6O2. The average molecular weight is 380 g/mol. The van der Waals surface area contributed by atoms with Crippen molar-refractivity contribution < 1.29 is 9.32 Å². The molecule has 1 atom stereocenters. The Kier molecular flexibility index (Phi) is 4.95. The van der Waals surface area contributed by atoms with Crippen molar-refractivity contribution in [3.63, 3.8) is 0 Å². The van der Waals surface area contributed by atoms with Crippen molar-refractivity contribution in [2.45, 2.75) is 39.3 Å². The van der Waals surface area contributed by atoms with Crippen molar-refractivity contribution in [3.05, 3.63) is 58.6 Å². The molecule has 1 amide bonds. The molecule has 28 heavy (non-hydrogen) atoms. The van der Waals surface area contributed by atoms with Gasteiger partial charge in [0.25, 0.3) is 5.91 Å². The van der Waals surface area contributed by atoms with Gasteiger partial charge in [0.05, 0.1) is 11.9 Å². The van der Waals surface area contributed by atoms with E-state index in [1.807, 2.05) is 32.0 Å². The van der Waals surface area contributed by atoms with Crippen molar-refractivity contribution in [2.75, 3.05) is 11.9 Å². The molecule has 1 aliphatic heterocycles. The molecule has 1 N–H and O–H groups in total. The zero-order chi connectivity index (χ0) is 19.7. The van der Waals surface area contributed by atoms with E-state index in [4.69, 9.17) is 4.52 Å². The number of benzene rings is 1. The summed E-state index contributed by atoms with van der Waals surface area (Å²) in [7, 11) is 1.76. The summed E-state index contributed by atoms with van der Waals surface area (Å²) in [5.41, 5.74) is 3.88. The van der Waals surface area contributed by atoms with Gasteiger partial charge in [-0.15, -0.1) is 5.10 Å². The van der Waals surface area contributed by atoms with Crippen LogP contribution in [0.1, 0.15) is 51.8 Å². The van der Waals surface area contributed by atoms with Gasteiger partial charge in [-0.1, -0.05) is 22.5 Å². The van der Waals surface area contributed by atoms with Gasteiger partial charge >= 0.3 is 0 Å². The lowest BCUT2D eigenvalue weighted by Crippen LogP contribution is -2.23. The first-order valence-corrected chi connectivity index (χ1v) is 9.44. The molecule has 8 nitrogen and oxygen atoms in total. The number of hydrogen-bond acceptors (Lipinski definition) is 6. The zero-order valence-corrected chi connectivity index (χ0v) is 16.3. The highest BCUT2D eigenvalue weighted by Crippen LogP contribution is 2.36. The van der Waals surface area contributed by atoms with Crippen LogP contribution in [0.5, 0.6) is 0 Å².